The largest absolute Gasteiger partial charge is 0.508 e. The molecular weight excluding hydrogens is 520 g/mol. The second-order valence-corrected chi connectivity index (χ2v) is 11.2. The molecule has 2 fully saturated rings. The molecule has 3 aliphatic heterocycles. The average molecular weight is 554 g/mol. The number of likely N-dealkylation sites (N-methyl/N-ethyl adjacent to an activating group) is 1. The number of piperazine rings is 1. The second kappa shape index (κ2) is 10.0. The van der Waals surface area contributed by atoms with Crippen molar-refractivity contribution in [3.63, 3.8) is 0 Å². The minimum absolute atomic E-state index is 0.0187. The van der Waals surface area contributed by atoms with Crippen LogP contribution in [0.2, 0.25) is 0 Å². The zero-order chi connectivity index (χ0) is 28.2. The number of fused-ring (bicyclic) bond motifs is 4. The molecule has 6 rings (SSSR count). The smallest absolute Gasteiger partial charge is 0.387 e. The third-order valence-electron chi connectivity index (χ3n) is 8.50. The van der Waals surface area contributed by atoms with Gasteiger partial charge in [-0.05, 0) is 68.4 Å². The number of H-pyrrole nitrogens is 1. The van der Waals surface area contributed by atoms with Crippen molar-refractivity contribution in [2.24, 2.45) is 0 Å². The lowest BCUT2D eigenvalue weighted by molar-refractivity contribution is -0.133. The predicted octanol–water partition coefficient (Wildman–Crippen LogP) is 3.78. The molecule has 2 N–H and O–H groups in total. The van der Waals surface area contributed by atoms with Crippen LogP contribution < -0.4 is 4.74 Å². The van der Waals surface area contributed by atoms with Crippen LogP contribution in [0.5, 0.6) is 11.5 Å². The third-order valence-corrected chi connectivity index (χ3v) is 8.50. The van der Waals surface area contributed by atoms with Gasteiger partial charge in [0.05, 0.1) is 0 Å². The van der Waals surface area contributed by atoms with Crippen LogP contribution >= 0.6 is 0 Å². The number of hydrogen-bond acceptors (Lipinski definition) is 6. The first-order valence-electron chi connectivity index (χ1n) is 13.6. The second-order valence-electron chi connectivity index (χ2n) is 11.2. The Bertz CT molecular complexity index is 1450. The summed E-state index contributed by atoms with van der Waals surface area (Å²) < 4.78 is 30.6. The van der Waals surface area contributed by atoms with Crippen molar-refractivity contribution in [1.29, 1.82) is 0 Å². The number of nitrogens with zero attached hydrogens (tertiary/aromatic N) is 4. The molecular formula is C29H33F2N5O4. The Kier molecular flexibility index (Phi) is 6.66. The number of aromatic nitrogens is 1. The van der Waals surface area contributed by atoms with E-state index in [4.69, 9.17) is 0 Å². The summed E-state index contributed by atoms with van der Waals surface area (Å²) in [7, 11) is 2.10. The number of ether oxygens (including phenoxy) is 1. The highest BCUT2D eigenvalue weighted by molar-refractivity contribution is 6.08. The van der Waals surface area contributed by atoms with Crippen LogP contribution in [0.3, 0.4) is 0 Å². The quantitative estimate of drug-likeness (QED) is 0.433. The maximum atomic E-state index is 14.0. The number of hydrogen-bond donors (Lipinski definition) is 2. The Morgan fingerprint density at radius 3 is 2.60 bits per heavy atom. The van der Waals surface area contributed by atoms with Gasteiger partial charge in [0, 0.05) is 55.7 Å². The summed E-state index contributed by atoms with van der Waals surface area (Å²) in [5.41, 5.74) is 1.59. The van der Waals surface area contributed by atoms with Crippen molar-refractivity contribution in [2.75, 3.05) is 46.3 Å². The van der Waals surface area contributed by atoms with Crippen LogP contribution in [-0.4, -0.2) is 100 Å². The SMILES string of the molecule is CN1CCN(CCCN2C(=O)N3C(c4cccc(O)c4)c4[nH]c5ccc(OC(F)F)cc5c4CC3(C)C2=O)CC1. The zero-order valence-corrected chi connectivity index (χ0v) is 22.6. The lowest BCUT2D eigenvalue weighted by Gasteiger charge is -2.42. The topological polar surface area (TPSA) is 92.4 Å². The molecule has 0 saturated carbocycles. The van der Waals surface area contributed by atoms with E-state index in [0.29, 0.717) is 35.1 Å². The first kappa shape index (κ1) is 26.5. The lowest BCUT2D eigenvalue weighted by Crippen LogP contribution is -2.53. The summed E-state index contributed by atoms with van der Waals surface area (Å²) in [6, 6.07) is 10.3. The van der Waals surface area contributed by atoms with Crippen LogP contribution in [0.4, 0.5) is 13.6 Å². The number of halogens is 2. The summed E-state index contributed by atoms with van der Waals surface area (Å²) in [5, 5.41) is 11.0. The van der Waals surface area contributed by atoms with Gasteiger partial charge in [0.2, 0.25) is 0 Å². The molecule has 2 atom stereocenters. The Morgan fingerprint density at radius 1 is 1.10 bits per heavy atom. The zero-order valence-electron chi connectivity index (χ0n) is 22.6. The maximum absolute atomic E-state index is 14.0. The first-order chi connectivity index (χ1) is 19.2. The molecule has 212 valence electrons. The molecule has 2 aromatic carbocycles. The molecule has 2 unspecified atom stereocenters. The van der Waals surface area contributed by atoms with Crippen molar-refractivity contribution in [1.82, 2.24) is 24.6 Å². The van der Waals surface area contributed by atoms with Gasteiger partial charge in [0.25, 0.3) is 5.91 Å². The summed E-state index contributed by atoms with van der Waals surface area (Å²) >= 11 is 0. The van der Waals surface area contributed by atoms with E-state index in [1.54, 1.807) is 42.2 Å². The van der Waals surface area contributed by atoms with Gasteiger partial charge in [-0.25, -0.2) is 4.79 Å². The molecule has 0 aliphatic carbocycles. The van der Waals surface area contributed by atoms with E-state index in [9.17, 15) is 23.5 Å². The van der Waals surface area contributed by atoms with Gasteiger partial charge >= 0.3 is 12.6 Å². The van der Waals surface area contributed by atoms with Crippen molar-refractivity contribution in [3.05, 3.63) is 59.3 Å². The van der Waals surface area contributed by atoms with E-state index in [2.05, 4.69) is 26.6 Å². The summed E-state index contributed by atoms with van der Waals surface area (Å²) in [4.78, 5) is 38.9. The summed E-state index contributed by atoms with van der Waals surface area (Å²) in [6.07, 6.45) is 0.889. The molecule has 1 aromatic heterocycles. The number of rotatable bonds is 7. The van der Waals surface area contributed by atoms with E-state index in [-0.39, 0.29) is 29.9 Å². The van der Waals surface area contributed by atoms with Crippen LogP contribution in [0.1, 0.15) is 36.2 Å². The van der Waals surface area contributed by atoms with Crippen LogP contribution in [0, 0.1) is 0 Å². The number of carbonyl (C=O) groups excluding carboxylic acids is 2. The number of aromatic hydroxyl groups is 1. The van der Waals surface area contributed by atoms with Gasteiger partial charge in [-0.15, -0.1) is 0 Å². The Balaban J connectivity index is 1.36. The molecule has 3 aliphatic rings. The van der Waals surface area contributed by atoms with Crippen molar-refractivity contribution < 1.29 is 28.2 Å². The maximum Gasteiger partial charge on any atom is 0.387 e. The lowest BCUT2D eigenvalue weighted by atomic mass is 9.81. The first-order valence-corrected chi connectivity index (χ1v) is 13.6. The van der Waals surface area contributed by atoms with E-state index < -0.39 is 18.2 Å². The normalized spacial score (nSPS) is 23.8. The Morgan fingerprint density at radius 2 is 1.88 bits per heavy atom. The fourth-order valence-corrected chi connectivity index (χ4v) is 6.43. The number of alkyl halides is 2. The number of phenols is 1. The number of carbonyl (C=O) groups is 2. The molecule has 11 heteroatoms. The van der Waals surface area contributed by atoms with Crippen molar-refractivity contribution in [3.8, 4) is 11.5 Å². The van der Waals surface area contributed by atoms with Gasteiger partial charge < -0.3 is 24.6 Å². The monoisotopic (exact) mass is 553 g/mol. The van der Waals surface area contributed by atoms with E-state index in [1.165, 1.54) is 11.0 Å². The number of nitrogens with one attached hydrogen (secondary N) is 1. The van der Waals surface area contributed by atoms with E-state index in [0.717, 1.165) is 38.3 Å². The molecule has 2 saturated heterocycles. The van der Waals surface area contributed by atoms with Crippen molar-refractivity contribution >= 4 is 22.8 Å². The Labute approximate surface area is 230 Å². The molecule has 0 spiro atoms. The minimum atomic E-state index is -2.96. The van der Waals surface area contributed by atoms with Gasteiger partial charge in [0.1, 0.15) is 23.1 Å². The van der Waals surface area contributed by atoms with Gasteiger partial charge in [-0.2, -0.15) is 8.78 Å². The fourth-order valence-electron chi connectivity index (χ4n) is 6.43. The van der Waals surface area contributed by atoms with Crippen molar-refractivity contribution in [2.45, 2.75) is 38.0 Å². The van der Waals surface area contributed by atoms with Crippen LogP contribution in [-0.2, 0) is 11.2 Å². The standard InChI is InChI=1S/C29H33F2N5O4/c1-29-17-22-21-16-20(40-27(30)31)7-8-23(21)32-24(22)25(18-5-3-6-19(37)15-18)36(29)28(39)35(26(29)38)10-4-9-34-13-11-33(2)12-14-34/h3,5-8,15-16,25,27,32,37H,4,9-14,17H2,1-2H3. The highest BCUT2D eigenvalue weighted by Crippen LogP contribution is 2.49. The molecule has 4 heterocycles. The Hall–Kier alpha value is -3.70. The molecule has 0 bridgehead atoms. The van der Waals surface area contributed by atoms with Gasteiger partial charge in [0.15, 0.2) is 0 Å². The number of aromatic amines is 1. The molecule has 3 aromatic rings. The highest BCUT2D eigenvalue weighted by atomic mass is 19.3. The fraction of sp³-hybridized carbons (Fsp3) is 0.448. The summed E-state index contributed by atoms with van der Waals surface area (Å²) in [5.74, 6) is -0.219. The van der Waals surface area contributed by atoms with Crippen LogP contribution in [0.15, 0.2) is 42.5 Å². The molecule has 40 heavy (non-hydrogen) atoms. The number of phenolic OH excluding ortho intramolecular Hbond substituents is 1. The molecule has 3 amide bonds. The number of imide groups is 1. The van der Waals surface area contributed by atoms with Crippen LogP contribution in [0.25, 0.3) is 10.9 Å². The number of amides is 3. The van der Waals surface area contributed by atoms with E-state index >= 15 is 0 Å². The van der Waals surface area contributed by atoms with Gasteiger partial charge in [-0.1, -0.05) is 12.1 Å². The predicted molar refractivity (Wildman–Crippen MR) is 144 cm³/mol. The summed E-state index contributed by atoms with van der Waals surface area (Å²) in [6.45, 7) is 3.82. The average Bonchev–Trinajstić information content (AvgIpc) is 3.35. The van der Waals surface area contributed by atoms with E-state index in [1.807, 2.05) is 6.07 Å². The number of benzene rings is 2. The molecule has 9 nitrogen and oxygen atoms in total. The minimum Gasteiger partial charge on any atom is -0.508 e. The molecule has 0 radical (unpaired) electrons. The number of urea groups is 1. The highest BCUT2D eigenvalue weighted by Gasteiger charge is 2.60. The third kappa shape index (κ3) is 4.46. The van der Waals surface area contributed by atoms with Gasteiger partial charge in [-0.3, -0.25) is 14.6 Å².